The van der Waals surface area contributed by atoms with Crippen molar-refractivity contribution in [2.75, 3.05) is 6.54 Å². The number of sulfonamides is 1. The van der Waals surface area contributed by atoms with E-state index < -0.39 is 10.0 Å². The average Bonchev–Trinajstić information content (AvgIpc) is 3.19. The first-order chi connectivity index (χ1) is 11.9. The minimum absolute atomic E-state index is 0.174. The van der Waals surface area contributed by atoms with Gasteiger partial charge in [0.05, 0.1) is 6.20 Å². The Morgan fingerprint density at radius 2 is 2.12 bits per heavy atom. The van der Waals surface area contributed by atoms with Gasteiger partial charge in [-0.25, -0.2) is 23.1 Å². The molecule has 0 aliphatic carbocycles. The van der Waals surface area contributed by atoms with Crippen LogP contribution in [-0.4, -0.2) is 39.3 Å². The van der Waals surface area contributed by atoms with Gasteiger partial charge < -0.3 is 4.57 Å². The highest BCUT2D eigenvalue weighted by molar-refractivity contribution is 7.89. The number of fused-ring (bicyclic) bond motifs is 1. The Morgan fingerprint density at radius 3 is 2.80 bits per heavy atom. The molecule has 8 nitrogen and oxygen atoms in total. The van der Waals surface area contributed by atoms with Crippen LogP contribution in [0.2, 0.25) is 0 Å². The van der Waals surface area contributed by atoms with E-state index in [9.17, 15) is 8.42 Å². The minimum atomic E-state index is -3.57. The first-order valence-corrected chi connectivity index (χ1v) is 9.74. The van der Waals surface area contributed by atoms with E-state index in [0.29, 0.717) is 13.0 Å². The summed E-state index contributed by atoms with van der Waals surface area (Å²) in [5.74, 6) is 0.815. The van der Waals surface area contributed by atoms with Gasteiger partial charge in [0, 0.05) is 37.9 Å². The van der Waals surface area contributed by atoms with Gasteiger partial charge in [0.15, 0.2) is 5.65 Å². The standard InChI is InChI=1S/C16H22N6O2S/c1-4-21-11-13(10-18-21)25(23,24)19-9-7-15-20-14-6-5-8-17-16(14)22(15)12(2)3/h5-6,8,10-12,19H,4,7,9H2,1-3H3. The predicted octanol–water partition coefficient (Wildman–Crippen LogP) is 1.75. The molecule has 134 valence electrons. The molecule has 0 radical (unpaired) electrons. The summed E-state index contributed by atoms with van der Waals surface area (Å²) in [6.45, 7) is 6.91. The molecule has 0 fully saturated rings. The molecule has 0 aliphatic rings. The third kappa shape index (κ3) is 3.57. The van der Waals surface area contributed by atoms with Gasteiger partial charge in [-0.1, -0.05) is 0 Å². The molecule has 0 spiro atoms. The molecule has 3 heterocycles. The van der Waals surface area contributed by atoms with Crippen molar-refractivity contribution < 1.29 is 8.42 Å². The fraction of sp³-hybridized carbons (Fsp3) is 0.438. The maximum atomic E-state index is 12.3. The van der Waals surface area contributed by atoms with Crippen LogP contribution in [0.1, 0.15) is 32.6 Å². The maximum absolute atomic E-state index is 12.3. The van der Waals surface area contributed by atoms with Gasteiger partial charge in [0.2, 0.25) is 10.0 Å². The Kier molecular flexibility index (Phi) is 4.87. The molecule has 0 amide bonds. The molecule has 0 aromatic carbocycles. The molecule has 25 heavy (non-hydrogen) atoms. The molecule has 3 aromatic heterocycles. The van der Waals surface area contributed by atoms with Gasteiger partial charge in [-0.3, -0.25) is 4.68 Å². The first-order valence-electron chi connectivity index (χ1n) is 8.26. The number of rotatable bonds is 7. The van der Waals surface area contributed by atoms with Gasteiger partial charge in [0.1, 0.15) is 16.2 Å². The summed E-state index contributed by atoms with van der Waals surface area (Å²) in [6, 6.07) is 3.95. The van der Waals surface area contributed by atoms with E-state index >= 15 is 0 Å². The van der Waals surface area contributed by atoms with Gasteiger partial charge in [-0.15, -0.1) is 0 Å². The summed E-state index contributed by atoms with van der Waals surface area (Å²) in [5.41, 5.74) is 1.64. The van der Waals surface area contributed by atoms with Crippen molar-refractivity contribution in [1.29, 1.82) is 0 Å². The Balaban J connectivity index is 1.75. The van der Waals surface area contributed by atoms with Gasteiger partial charge in [0.25, 0.3) is 0 Å². The quantitative estimate of drug-likeness (QED) is 0.691. The van der Waals surface area contributed by atoms with Crippen molar-refractivity contribution in [3.8, 4) is 0 Å². The summed E-state index contributed by atoms with van der Waals surface area (Å²) in [5, 5.41) is 4.01. The molecule has 9 heteroatoms. The highest BCUT2D eigenvalue weighted by Crippen LogP contribution is 2.19. The topological polar surface area (TPSA) is 94.7 Å². The lowest BCUT2D eigenvalue weighted by Crippen LogP contribution is -2.26. The number of nitrogens with zero attached hydrogens (tertiary/aromatic N) is 5. The smallest absolute Gasteiger partial charge is 0.243 e. The van der Waals surface area contributed by atoms with Crippen LogP contribution in [0, 0.1) is 0 Å². The zero-order valence-corrected chi connectivity index (χ0v) is 15.4. The van der Waals surface area contributed by atoms with Crippen LogP contribution in [0.5, 0.6) is 0 Å². The molecule has 0 atom stereocenters. The Bertz CT molecular complexity index is 974. The molecular weight excluding hydrogens is 340 g/mol. The third-order valence-corrected chi connectivity index (χ3v) is 5.34. The molecule has 0 saturated heterocycles. The number of aromatic nitrogens is 5. The lowest BCUT2D eigenvalue weighted by molar-refractivity contribution is 0.565. The molecular formula is C16H22N6O2S. The van der Waals surface area contributed by atoms with Crippen LogP contribution < -0.4 is 4.72 Å². The Morgan fingerprint density at radius 1 is 1.32 bits per heavy atom. The maximum Gasteiger partial charge on any atom is 0.243 e. The molecule has 0 unspecified atom stereocenters. The lowest BCUT2D eigenvalue weighted by atomic mass is 10.3. The third-order valence-electron chi connectivity index (χ3n) is 3.92. The van der Waals surface area contributed by atoms with E-state index in [1.54, 1.807) is 10.9 Å². The van der Waals surface area contributed by atoms with E-state index in [4.69, 9.17) is 0 Å². The van der Waals surface area contributed by atoms with Crippen molar-refractivity contribution >= 4 is 21.2 Å². The number of imidazole rings is 1. The summed E-state index contributed by atoms with van der Waals surface area (Å²) in [6.07, 6.45) is 5.10. The summed E-state index contributed by atoms with van der Waals surface area (Å²) < 4.78 is 30.9. The lowest BCUT2D eigenvalue weighted by Gasteiger charge is -2.12. The van der Waals surface area contributed by atoms with E-state index in [-0.39, 0.29) is 17.5 Å². The monoisotopic (exact) mass is 362 g/mol. The molecule has 0 bridgehead atoms. The molecule has 0 saturated carbocycles. The molecule has 3 rings (SSSR count). The van der Waals surface area contributed by atoms with E-state index in [1.807, 2.05) is 23.6 Å². The van der Waals surface area contributed by atoms with Crippen LogP contribution in [-0.2, 0) is 23.0 Å². The summed E-state index contributed by atoms with van der Waals surface area (Å²) >= 11 is 0. The highest BCUT2D eigenvalue weighted by Gasteiger charge is 2.18. The molecule has 3 aromatic rings. The van der Waals surface area contributed by atoms with Gasteiger partial charge in [-0.2, -0.15) is 5.10 Å². The SMILES string of the molecule is CCn1cc(S(=O)(=O)NCCc2nc3cccnc3n2C(C)C)cn1. The van der Waals surface area contributed by atoms with E-state index in [2.05, 4.69) is 33.6 Å². The summed E-state index contributed by atoms with van der Waals surface area (Å²) in [7, 11) is -3.57. The van der Waals surface area contributed by atoms with Crippen molar-refractivity contribution in [2.45, 2.75) is 44.7 Å². The van der Waals surface area contributed by atoms with E-state index in [0.717, 1.165) is 17.0 Å². The number of pyridine rings is 1. The Hall–Kier alpha value is -2.26. The first kappa shape index (κ1) is 17.6. The second-order valence-electron chi connectivity index (χ2n) is 6.02. The van der Waals surface area contributed by atoms with Gasteiger partial charge in [-0.05, 0) is 32.9 Å². The fourth-order valence-corrected chi connectivity index (χ4v) is 3.72. The average molecular weight is 362 g/mol. The largest absolute Gasteiger partial charge is 0.310 e. The number of aryl methyl sites for hydroxylation is 1. The second kappa shape index (κ2) is 6.93. The van der Waals surface area contributed by atoms with Gasteiger partial charge >= 0.3 is 0 Å². The zero-order valence-electron chi connectivity index (χ0n) is 14.5. The van der Waals surface area contributed by atoms with Crippen molar-refractivity contribution in [1.82, 2.24) is 29.0 Å². The number of nitrogens with one attached hydrogen (secondary N) is 1. The van der Waals surface area contributed by atoms with Crippen molar-refractivity contribution in [2.24, 2.45) is 0 Å². The normalized spacial score (nSPS) is 12.3. The summed E-state index contributed by atoms with van der Waals surface area (Å²) in [4.78, 5) is 9.16. The van der Waals surface area contributed by atoms with Crippen molar-refractivity contribution in [3.05, 3.63) is 36.5 Å². The predicted molar refractivity (Wildman–Crippen MR) is 94.7 cm³/mol. The van der Waals surface area contributed by atoms with Crippen LogP contribution in [0.25, 0.3) is 11.2 Å². The Labute approximate surface area is 147 Å². The van der Waals surface area contributed by atoms with Crippen LogP contribution in [0.15, 0.2) is 35.6 Å². The van der Waals surface area contributed by atoms with Crippen LogP contribution in [0.3, 0.4) is 0 Å². The van der Waals surface area contributed by atoms with E-state index in [1.165, 1.54) is 12.4 Å². The number of hydrogen-bond donors (Lipinski definition) is 1. The molecule has 1 N–H and O–H groups in total. The zero-order chi connectivity index (χ0) is 18.0. The van der Waals surface area contributed by atoms with Crippen molar-refractivity contribution in [3.63, 3.8) is 0 Å². The highest BCUT2D eigenvalue weighted by atomic mass is 32.2. The van der Waals surface area contributed by atoms with Crippen LogP contribution >= 0.6 is 0 Å². The van der Waals surface area contributed by atoms with Crippen LogP contribution in [0.4, 0.5) is 0 Å². The number of hydrogen-bond acceptors (Lipinski definition) is 5. The minimum Gasteiger partial charge on any atom is -0.310 e. The fourth-order valence-electron chi connectivity index (χ4n) is 2.73. The molecule has 0 aliphatic heterocycles. The second-order valence-corrected chi connectivity index (χ2v) is 7.78.